The van der Waals surface area contributed by atoms with Crippen LogP contribution in [-0.2, 0) is 0 Å². The van der Waals surface area contributed by atoms with E-state index >= 15 is 0 Å². The Morgan fingerprint density at radius 1 is 0.895 bits per heavy atom. The molecule has 0 spiro atoms. The van der Waals surface area contributed by atoms with Gasteiger partial charge in [0.25, 0.3) is 0 Å². The topological polar surface area (TPSA) is 24.9 Å². The minimum Gasteiger partial charge on any atom is -0.367 e. The molecule has 2 aromatic rings. The van der Waals surface area contributed by atoms with Gasteiger partial charge in [-0.15, -0.1) is 0 Å². The molecule has 1 aliphatic rings. The van der Waals surface area contributed by atoms with E-state index in [1.54, 1.807) is 0 Å². The molecule has 0 unspecified atom stereocenters. The minimum absolute atomic E-state index is 0.596. The number of nitrogens with zero attached hydrogens (tertiary/aromatic N) is 1. The fourth-order valence-electron chi connectivity index (χ4n) is 3.03. The summed E-state index contributed by atoms with van der Waals surface area (Å²) in [6, 6.07) is 11.2. The lowest BCUT2D eigenvalue weighted by atomic mass is 9.96. The molecule has 1 heterocycles. The number of hydrogen-bond donors (Lipinski definition) is 1. The Labute approximate surface area is 115 Å². The fraction of sp³-hybridized carbons (Fsp3) is 0.471. The summed E-state index contributed by atoms with van der Waals surface area (Å²) in [5, 5.41) is 6.19. The number of benzene rings is 1. The third kappa shape index (κ3) is 3.06. The van der Waals surface area contributed by atoms with E-state index < -0.39 is 0 Å². The first-order valence-electron chi connectivity index (χ1n) is 7.54. The zero-order valence-corrected chi connectivity index (χ0v) is 11.4. The molecule has 0 bridgehead atoms. The average molecular weight is 254 g/mol. The van der Waals surface area contributed by atoms with Crippen molar-refractivity contribution in [3.8, 4) is 0 Å². The van der Waals surface area contributed by atoms with E-state index in [4.69, 9.17) is 0 Å². The van der Waals surface area contributed by atoms with E-state index in [1.165, 1.54) is 55.7 Å². The highest BCUT2D eigenvalue weighted by Gasteiger charge is 2.12. The molecule has 100 valence electrons. The van der Waals surface area contributed by atoms with Gasteiger partial charge < -0.3 is 5.32 Å². The van der Waals surface area contributed by atoms with Crippen molar-refractivity contribution in [3.63, 3.8) is 0 Å². The second kappa shape index (κ2) is 6.05. The second-order valence-electron chi connectivity index (χ2n) is 5.57. The zero-order valence-electron chi connectivity index (χ0n) is 11.4. The average Bonchev–Trinajstić information content (AvgIpc) is 2.42. The quantitative estimate of drug-likeness (QED) is 0.835. The Balaban J connectivity index is 1.80. The van der Waals surface area contributed by atoms with Gasteiger partial charge in [-0.3, -0.25) is 0 Å². The maximum absolute atomic E-state index is 4.54. The molecule has 3 rings (SSSR count). The molecule has 0 atom stereocenters. The van der Waals surface area contributed by atoms with Crippen LogP contribution in [0.5, 0.6) is 0 Å². The largest absolute Gasteiger partial charge is 0.367 e. The van der Waals surface area contributed by atoms with Crippen LogP contribution in [0.3, 0.4) is 0 Å². The molecule has 1 saturated carbocycles. The molecule has 0 radical (unpaired) electrons. The number of aromatic nitrogens is 1. The molecule has 0 amide bonds. The number of anilines is 1. The molecule has 1 fully saturated rings. The highest BCUT2D eigenvalue weighted by Crippen LogP contribution is 2.24. The maximum atomic E-state index is 4.54. The van der Waals surface area contributed by atoms with E-state index in [0.29, 0.717) is 6.04 Å². The first-order valence-corrected chi connectivity index (χ1v) is 7.54. The van der Waals surface area contributed by atoms with Gasteiger partial charge in [-0.1, -0.05) is 56.4 Å². The first kappa shape index (κ1) is 12.5. The van der Waals surface area contributed by atoms with Crippen LogP contribution in [0.2, 0.25) is 0 Å². The van der Waals surface area contributed by atoms with Crippen molar-refractivity contribution in [2.45, 2.75) is 51.0 Å². The van der Waals surface area contributed by atoms with Crippen molar-refractivity contribution in [3.05, 3.63) is 36.5 Å². The van der Waals surface area contributed by atoms with Crippen LogP contribution < -0.4 is 5.32 Å². The van der Waals surface area contributed by atoms with Crippen LogP contribution in [0, 0.1) is 0 Å². The summed E-state index contributed by atoms with van der Waals surface area (Å²) in [5.41, 5.74) is 0. The summed E-state index contributed by atoms with van der Waals surface area (Å²) in [6.07, 6.45) is 11.4. The smallest absolute Gasteiger partial charge is 0.134 e. The van der Waals surface area contributed by atoms with Gasteiger partial charge in [0.05, 0.1) is 0 Å². The lowest BCUT2D eigenvalue weighted by molar-refractivity contribution is 0.471. The van der Waals surface area contributed by atoms with E-state index in [2.05, 4.69) is 40.6 Å². The summed E-state index contributed by atoms with van der Waals surface area (Å²) in [7, 11) is 0. The molecule has 1 aromatic heterocycles. The van der Waals surface area contributed by atoms with Gasteiger partial charge >= 0.3 is 0 Å². The van der Waals surface area contributed by atoms with Gasteiger partial charge in [0.15, 0.2) is 0 Å². The Bertz CT molecular complexity index is 522. The molecule has 2 heteroatoms. The van der Waals surface area contributed by atoms with Crippen molar-refractivity contribution in [2.75, 3.05) is 5.32 Å². The first-order chi connectivity index (χ1) is 9.43. The lowest BCUT2D eigenvalue weighted by Gasteiger charge is -2.22. The van der Waals surface area contributed by atoms with Crippen LogP contribution in [0.25, 0.3) is 10.8 Å². The van der Waals surface area contributed by atoms with Crippen molar-refractivity contribution < 1.29 is 0 Å². The maximum Gasteiger partial charge on any atom is 0.134 e. The molecule has 0 aliphatic heterocycles. The van der Waals surface area contributed by atoms with E-state index in [9.17, 15) is 0 Å². The van der Waals surface area contributed by atoms with E-state index in [0.717, 1.165) is 5.82 Å². The number of fused-ring (bicyclic) bond motifs is 1. The zero-order chi connectivity index (χ0) is 12.9. The Morgan fingerprint density at radius 2 is 1.63 bits per heavy atom. The molecular formula is C17H22N2. The highest BCUT2D eigenvalue weighted by atomic mass is 15.0. The second-order valence-corrected chi connectivity index (χ2v) is 5.57. The predicted molar refractivity (Wildman–Crippen MR) is 81.5 cm³/mol. The van der Waals surface area contributed by atoms with Crippen LogP contribution in [-0.4, -0.2) is 11.0 Å². The molecular weight excluding hydrogens is 232 g/mol. The third-order valence-corrected chi connectivity index (χ3v) is 4.12. The summed E-state index contributed by atoms with van der Waals surface area (Å²) in [6.45, 7) is 0. The molecule has 19 heavy (non-hydrogen) atoms. The number of nitrogens with one attached hydrogen (secondary N) is 1. The van der Waals surface area contributed by atoms with Gasteiger partial charge in [-0.2, -0.15) is 0 Å². The monoisotopic (exact) mass is 254 g/mol. The Kier molecular flexibility index (Phi) is 3.97. The van der Waals surface area contributed by atoms with Crippen LogP contribution in [0.4, 0.5) is 5.82 Å². The highest BCUT2D eigenvalue weighted by molar-refractivity contribution is 5.91. The molecule has 0 saturated heterocycles. The van der Waals surface area contributed by atoms with Gasteiger partial charge in [0.1, 0.15) is 5.82 Å². The number of pyridine rings is 1. The molecule has 1 aromatic carbocycles. The van der Waals surface area contributed by atoms with E-state index in [1.807, 2.05) is 6.20 Å². The molecule has 1 aliphatic carbocycles. The van der Waals surface area contributed by atoms with Gasteiger partial charge in [-0.05, 0) is 24.3 Å². The summed E-state index contributed by atoms with van der Waals surface area (Å²) < 4.78 is 0. The Morgan fingerprint density at radius 3 is 2.47 bits per heavy atom. The lowest BCUT2D eigenvalue weighted by Crippen LogP contribution is -2.21. The summed E-state index contributed by atoms with van der Waals surface area (Å²) in [5.74, 6) is 1.06. The number of rotatable bonds is 2. The normalized spacial score (nSPS) is 17.9. The SMILES string of the molecule is c1ccc2c(NC3CCCCCCC3)nccc2c1. The van der Waals surface area contributed by atoms with Crippen LogP contribution >= 0.6 is 0 Å². The third-order valence-electron chi connectivity index (χ3n) is 4.12. The van der Waals surface area contributed by atoms with Gasteiger partial charge in [-0.25, -0.2) is 4.98 Å². The summed E-state index contributed by atoms with van der Waals surface area (Å²) >= 11 is 0. The standard InChI is InChI=1S/C17H22N2/c1-2-4-9-15(10-5-3-1)19-17-16-11-7-6-8-14(16)12-13-18-17/h6-8,11-13,15H,1-5,9-10H2,(H,18,19). The van der Waals surface area contributed by atoms with Crippen LogP contribution in [0.15, 0.2) is 36.5 Å². The minimum atomic E-state index is 0.596. The van der Waals surface area contributed by atoms with Gasteiger partial charge in [0.2, 0.25) is 0 Å². The van der Waals surface area contributed by atoms with Crippen molar-refractivity contribution in [2.24, 2.45) is 0 Å². The van der Waals surface area contributed by atoms with Crippen molar-refractivity contribution in [1.29, 1.82) is 0 Å². The van der Waals surface area contributed by atoms with Crippen molar-refractivity contribution in [1.82, 2.24) is 4.98 Å². The van der Waals surface area contributed by atoms with E-state index in [-0.39, 0.29) is 0 Å². The fourth-order valence-corrected chi connectivity index (χ4v) is 3.03. The van der Waals surface area contributed by atoms with Crippen LogP contribution in [0.1, 0.15) is 44.9 Å². The Hall–Kier alpha value is -1.57. The predicted octanol–water partition coefficient (Wildman–Crippen LogP) is 4.76. The van der Waals surface area contributed by atoms with Gasteiger partial charge in [0, 0.05) is 17.6 Å². The van der Waals surface area contributed by atoms with Crippen molar-refractivity contribution >= 4 is 16.6 Å². The summed E-state index contributed by atoms with van der Waals surface area (Å²) in [4.78, 5) is 4.54. The molecule has 2 nitrogen and oxygen atoms in total. The molecule has 1 N–H and O–H groups in total. The number of hydrogen-bond acceptors (Lipinski definition) is 2.